The fourth-order valence-electron chi connectivity index (χ4n) is 6.20. The van der Waals surface area contributed by atoms with Crippen molar-refractivity contribution in [3.05, 3.63) is 70.3 Å². The molecule has 1 saturated heterocycles. The third-order valence-corrected chi connectivity index (χ3v) is 8.28. The lowest BCUT2D eigenvalue weighted by molar-refractivity contribution is 0.0508. The van der Waals surface area contributed by atoms with E-state index in [1.807, 2.05) is 55.4 Å². The predicted molar refractivity (Wildman–Crippen MR) is 177 cm³/mol. The second kappa shape index (κ2) is 12.3. The third-order valence-electron chi connectivity index (χ3n) is 8.28. The van der Waals surface area contributed by atoms with E-state index in [0.717, 1.165) is 30.2 Å². The van der Waals surface area contributed by atoms with Crippen molar-refractivity contribution in [2.75, 3.05) is 45.2 Å². The summed E-state index contributed by atoms with van der Waals surface area (Å²) in [6, 6.07) is 12.5. The van der Waals surface area contributed by atoms with Crippen molar-refractivity contribution in [3.63, 3.8) is 0 Å². The van der Waals surface area contributed by atoms with E-state index in [2.05, 4.69) is 15.5 Å². The van der Waals surface area contributed by atoms with E-state index in [1.165, 1.54) is 12.3 Å². The molecule has 0 aliphatic carbocycles. The van der Waals surface area contributed by atoms with Crippen LogP contribution in [0.4, 0.5) is 14.9 Å². The van der Waals surface area contributed by atoms with Crippen molar-refractivity contribution in [1.82, 2.24) is 20.1 Å². The lowest BCUT2D eigenvalue weighted by Gasteiger charge is -2.30. The number of rotatable bonds is 8. The first-order chi connectivity index (χ1) is 21.9. The van der Waals surface area contributed by atoms with Gasteiger partial charge in [-0.1, -0.05) is 30.3 Å². The summed E-state index contributed by atoms with van der Waals surface area (Å²) < 4.78 is 30.0. The highest BCUT2D eigenvalue weighted by atomic mass is 19.1. The van der Waals surface area contributed by atoms with Crippen molar-refractivity contribution in [1.29, 1.82) is 0 Å². The van der Waals surface area contributed by atoms with Crippen LogP contribution < -0.4 is 25.7 Å². The summed E-state index contributed by atoms with van der Waals surface area (Å²) in [6.45, 7) is 7.45. The van der Waals surface area contributed by atoms with Crippen LogP contribution in [0.2, 0.25) is 0 Å². The standard InChI is InChI=1S/C35H40FN5O5/c1-35(2,3)46-34(44)38-22-14-17-40(19-22)29-26(36)18-24-28-32(29)45-31-23-11-7-6-10-21(23)12-13-27(31)41(28)20-25(30(24)42)33(43)37-15-8-9-16-39(4)5/h6-7,10-13,18,20,22H,8-9,14-17,19H2,1-5H3,(H,37,43)(H,38,44)/t22-/m1/s1. The Morgan fingerprint density at radius 2 is 1.87 bits per heavy atom. The number of pyridine rings is 1. The number of fused-ring (bicyclic) bond motifs is 4. The van der Waals surface area contributed by atoms with Crippen LogP contribution in [0, 0.1) is 5.82 Å². The van der Waals surface area contributed by atoms with Gasteiger partial charge in [-0.3, -0.25) is 9.59 Å². The summed E-state index contributed by atoms with van der Waals surface area (Å²) in [6.07, 6.45) is 3.23. The molecule has 4 aromatic rings. The minimum Gasteiger partial charge on any atom is -0.450 e. The zero-order valence-corrected chi connectivity index (χ0v) is 26.9. The van der Waals surface area contributed by atoms with Crippen LogP contribution in [0.1, 0.15) is 50.4 Å². The molecule has 11 heteroatoms. The molecule has 2 aliphatic rings. The predicted octanol–water partition coefficient (Wildman–Crippen LogP) is 5.56. The largest absolute Gasteiger partial charge is 0.450 e. The number of nitrogens with one attached hydrogen (secondary N) is 2. The smallest absolute Gasteiger partial charge is 0.407 e. The van der Waals surface area contributed by atoms with Crippen molar-refractivity contribution < 1.29 is 23.5 Å². The van der Waals surface area contributed by atoms with Gasteiger partial charge in [0, 0.05) is 31.2 Å². The number of carbonyl (C=O) groups excluding carboxylic acids is 2. The molecule has 0 spiro atoms. The summed E-state index contributed by atoms with van der Waals surface area (Å²) in [4.78, 5) is 43.5. The van der Waals surface area contributed by atoms with Gasteiger partial charge in [-0.2, -0.15) is 0 Å². The van der Waals surface area contributed by atoms with Crippen LogP contribution in [0.15, 0.2) is 53.5 Å². The highest BCUT2D eigenvalue weighted by molar-refractivity contribution is 6.03. The Kier molecular flexibility index (Phi) is 8.37. The van der Waals surface area contributed by atoms with E-state index in [9.17, 15) is 14.4 Å². The molecule has 10 nitrogen and oxygen atoms in total. The van der Waals surface area contributed by atoms with E-state index in [-0.39, 0.29) is 28.4 Å². The van der Waals surface area contributed by atoms with Gasteiger partial charge in [-0.05, 0) is 78.2 Å². The van der Waals surface area contributed by atoms with Gasteiger partial charge in [0.25, 0.3) is 5.91 Å². The Balaban J connectivity index is 1.42. The second-order valence-corrected chi connectivity index (χ2v) is 13.3. The van der Waals surface area contributed by atoms with Crippen molar-refractivity contribution in [2.24, 2.45) is 0 Å². The van der Waals surface area contributed by atoms with Gasteiger partial charge >= 0.3 is 6.09 Å². The lowest BCUT2D eigenvalue weighted by atomic mass is 10.0. The van der Waals surface area contributed by atoms with Gasteiger partial charge < -0.3 is 34.5 Å². The number of halogens is 1. The molecular weight excluding hydrogens is 589 g/mol. The molecule has 46 heavy (non-hydrogen) atoms. The molecule has 242 valence electrons. The summed E-state index contributed by atoms with van der Waals surface area (Å²) in [5.41, 5.74) is -0.0581. The van der Waals surface area contributed by atoms with E-state index in [4.69, 9.17) is 9.47 Å². The Morgan fingerprint density at radius 1 is 1.09 bits per heavy atom. The minimum absolute atomic E-state index is 0.0537. The fraction of sp³-hybridized carbons (Fsp3) is 0.400. The first-order valence-corrected chi connectivity index (χ1v) is 15.7. The fourth-order valence-corrected chi connectivity index (χ4v) is 6.20. The molecule has 1 aromatic heterocycles. The molecule has 3 heterocycles. The van der Waals surface area contributed by atoms with Crippen molar-refractivity contribution in [2.45, 2.75) is 51.7 Å². The molecule has 2 aliphatic heterocycles. The Hall–Kier alpha value is -4.64. The molecule has 6 rings (SSSR count). The molecule has 0 radical (unpaired) electrons. The summed E-state index contributed by atoms with van der Waals surface area (Å²) >= 11 is 0. The molecule has 1 atom stereocenters. The van der Waals surface area contributed by atoms with E-state index >= 15 is 4.39 Å². The molecule has 2 N–H and O–H groups in total. The van der Waals surface area contributed by atoms with Gasteiger partial charge in [0.2, 0.25) is 5.43 Å². The van der Waals surface area contributed by atoms with E-state index < -0.39 is 28.8 Å². The van der Waals surface area contributed by atoms with E-state index in [0.29, 0.717) is 43.0 Å². The summed E-state index contributed by atoms with van der Waals surface area (Å²) in [5, 5.41) is 7.55. The zero-order chi connectivity index (χ0) is 32.7. The molecule has 0 saturated carbocycles. The normalized spacial score (nSPS) is 15.6. The summed E-state index contributed by atoms with van der Waals surface area (Å²) in [5.74, 6) is -0.449. The number of benzene rings is 3. The number of ether oxygens (including phenoxy) is 2. The van der Waals surface area contributed by atoms with Crippen LogP contribution >= 0.6 is 0 Å². The van der Waals surface area contributed by atoms with Gasteiger partial charge in [-0.15, -0.1) is 0 Å². The van der Waals surface area contributed by atoms with Gasteiger partial charge in [0.15, 0.2) is 17.3 Å². The van der Waals surface area contributed by atoms with E-state index in [1.54, 1.807) is 25.3 Å². The van der Waals surface area contributed by atoms with Gasteiger partial charge in [0.1, 0.15) is 22.4 Å². The Morgan fingerprint density at radius 3 is 2.63 bits per heavy atom. The third kappa shape index (κ3) is 6.11. The zero-order valence-electron chi connectivity index (χ0n) is 26.9. The number of hydrogen-bond acceptors (Lipinski definition) is 7. The van der Waals surface area contributed by atoms with Crippen LogP contribution in [0.3, 0.4) is 0 Å². The maximum absolute atomic E-state index is 16.3. The number of amides is 2. The first-order valence-electron chi connectivity index (χ1n) is 15.7. The topological polar surface area (TPSA) is 105 Å². The highest BCUT2D eigenvalue weighted by Gasteiger charge is 2.35. The van der Waals surface area contributed by atoms with Crippen LogP contribution in [0.25, 0.3) is 27.4 Å². The SMILES string of the molecule is CN(C)CCCCNC(=O)c1cn2c3c(c(N4CC[C@@H](NC(=O)OC(C)(C)C)C4)c(F)cc3c1=O)Oc1c-2ccc2ccccc12. The molecule has 0 unspecified atom stereocenters. The second-order valence-electron chi connectivity index (χ2n) is 13.3. The molecule has 0 bridgehead atoms. The van der Waals surface area contributed by atoms with Gasteiger partial charge in [0.05, 0.1) is 17.1 Å². The molecule has 3 aromatic carbocycles. The summed E-state index contributed by atoms with van der Waals surface area (Å²) in [7, 11) is 3.99. The number of anilines is 1. The van der Waals surface area contributed by atoms with Crippen molar-refractivity contribution >= 4 is 39.4 Å². The van der Waals surface area contributed by atoms with Crippen LogP contribution in [-0.2, 0) is 4.74 Å². The highest BCUT2D eigenvalue weighted by Crippen LogP contribution is 2.49. The number of unbranched alkanes of at least 4 members (excludes halogenated alkanes) is 1. The quantitative estimate of drug-likeness (QED) is 0.217. The van der Waals surface area contributed by atoms with Crippen LogP contribution in [-0.4, -0.2) is 73.4 Å². The Bertz CT molecular complexity index is 1900. The lowest BCUT2D eigenvalue weighted by Crippen LogP contribution is -2.40. The number of carbonyl (C=O) groups is 2. The maximum atomic E-state index is 16.3. The molecule has 1 fully saturated rings. The molecular formula is C35H40FN5O5. The van der Waals surface area contributed by atoms with Crippen molar-refractivity contribution in [3.8, 4) is 17.2 Å². The molecule has 2 amide bonds. The number of alkyl carbamates (subject to hydrolysis) is 1. The minimum atomic E-state index is -0.646. The first kappa shape index (κ1) is 31.3. The maximum Gasteiger partial charge on any atom is 0.407 e. The number of nitrogens with zero attached hydrogens (tertiary/aromatic N) is 3. The van der Waals surface area contributed by atoms with Crippen LogP contribution in [0.5, 0.6) is 11.5 Å². The number of aromatic nitrogens is 1. The van der Waals surface area contributed by atoms with Gasteiger partial charge in [-0.25, -0.2) is 9.18 Å². The average Bonchev–Trinajstić information content (AvgIpc) is 3.44. The number of hydrogen-bond donors (Lipinski definition) is 2. The average molecular weight is 630 g/mol. The monoisotopic (exact) mass is 629 g/mol. The Labute approximate surface area is 267 Å².